The Kier molecular flexibility index (Phi) is 20.4. The fraction of sp³-hybridized carbons (Fsp3) is 0.373. The van der Waals surface area contributed by atoms with E-state index < -0.39 is 48.8 Å². The van der Waals surface area contributed by atoms with Crippen molar-refractivity contribution >= 4 is 81.0 Å². The van der Waals surface area contributed by atoms with Crippen molar-refractivity contribution in [1.29, 1.82) is 0 Å². The van der Waals surface area contributed by atoms with Gasteiger partial charge in [0.25, 0.3) is 5.91 Å². The number of carbonyl (C=O) groups excluding carboxylic acids is 3. The average molecular weight is 1130 g/mol. The third-order valence-corrected chi connectivity index (χ3v) is 14.1. The van der Waals surface area contributed by atoms with E-state index in [0.29, 0.717) is 78.0 Å². The predicted octanol–water partition coefficient (Wildman–Crippen LogP) is 5.34. The van der Waals surface area contributed by atoms with Crippen LogP contribution in [-0.4, -0.2) is 156 Å². The monoisotopic (exact) mass is 1130 g/mol. The number of carboxylic acid groups (broad SMARTS) is 4. The lowest BCUT2D eigenvalue weighted by Crippen LogP contribution is -2.53. The molecule has 0 saturated carbocycles. The number of nitrogens with zero attached hydrogens (tertiary/aromatic N) is 4. The molecule has 2 amide bonds. The quantitative estimate of drug-likeness (QED) is 0.0159. The first-order valence-corrected chi connectivity index (χ1v) is 27.3. The highest BCUT2D eigenvalue weighted by Gasteiger charge is 2.38. The van der Waals surface area contributed by atoms with Gasteiger partial charge in [0, 0.05) is 96.4 Å². The molecule has 428 valence electrons. The average Bonchev–Trinajstić information content (AvgIpc) is 3.49. The lowest BCUT2D eigenvalue weighted by molar-refractivity contribution is -0.255. The molecule has 0 bridgehead atoms. The Morgan fingerprint density at radius 2 is 1.44 bits per heavy atom. The Bertz CT molecular complexity index is 3270. The number of para-hydroxylation sites is 2. The minimum absolute atomic E-state index is 0.0704. The normalized spacial score (nSPS) is 13.7. The molecule has 4 aromatic rings. The first-order chi connectivity index (χ1) is 39.2. The standard InChI is InChI=1S/C59H65ClN6O15/c1-63(35-53(67)68)47-18-12-40(30-52(47)80-28-27-79-49-10-5-4-9-48(49)66(36-54(69)70)37-55(71)72)62-58(74)39-33-65(34-39)42-14-17-45-51(32-42)81-50-31-41(64-21-8-22-64)13-16-44(50)56(45)46-29-38(11-15-43(46)59(75)76)57(73)61-20-24-78-26-25-77-23-7-3-2-6-19-60/h4-5,9-18,29-32,39H,2-3,6-8,19-28,33-37H2,1H3,(H5-,61,62,67,68,69,70,71,72,73,74,75,76). The molecule has 2 saturated heterocycles. The molecule has 81 heavy (non-hydrogen) atoms. The van der Waals surface area contributed by atoms with Crippen molar-refractivity contribution in [3.05, 3.63) is 114 Å². The number of alkyl halides is 1. The van der Waals surface area contributed by atoms with Crippen LogP contribution in [0, 0.1) is 5.92 Å². The van der Waals surface area contributed by atoms with E-state index in [-0.39, 0.29) is 72.7 Å². The Morgan fingerprint density at radius 3 is 2.15 bits per heavy atom. The second-order valence-corrected chi connectivity index (χ2v) is 20.0. The van der Waals surface area contributed by atoms with E-state index in [0.717, 1.165) is 61.1 Å². The number of ether oxygens (including phenoxy) is 4. The summed E-state index contributed by atoms with van der Waals surface area (Å²) >= 11 is 5.74. The van der Waals surface area contributed by atoms with Crippen LogP contribution in [0.25, 0.3) is 33.4 Å². The first-order valence-electron chi connectivity index (χ1n) is 26.8. The highest BCUT2D eigenvalue weighted by molar-refractivity contribution is 6.17. The number of carbonyl (C=O) groups is 6. The van der Waals surface area contributed by atoms with E-state index in [4.69, 9.17) is 35.0 Å². The summed E-state index contributed by atoms with van der Waals surface area (Å²) in [6.45, 7) is 2.73. The molecule has 0 spiro atoms. The zero-order chi connectivity index (χ0) is 57.4. The lowest BCUT2D eigenvalue weighted by atomic mass is 9.89. The molecule has 3 aliphatic heterocycles. The Balaban J connectivity index is 0.975. The topological polar surface area (TPSA) is 273 Å². The van der Waals surface area contributed by atoms with Gasteiger partial charge < -0.3 is 73.9 Å². The minimum Gasteiger partial charge on any atom is -0.545 e. The van der Waals surface area contributed by atoms with Crippen molar-refractivity contribution < 1.29 is 72.6 Å². The molecule has 0 atom stereocenters. The number of benzene rings is 5. The number of aromatic carboxylic acids is 1. The second-order valence-electron chi connectivity index (χ2n) is 19.6. The third kappa shape index (κ3) is 15.5. The number of nitrogens with one attached hydrogen (secondary N) is 2. The van der Waals surface area contributed by atoms with Gasteiger partial charge in [0.15, 0.2) is 19.0 Å². The van der Waals surface area contributed by atoms with Gasteiger partial charge in [-0.25, -0.2) is 4.58 Å². The van der Waals surface area contributed by atoms with Gasteiger partial charge in [-0.3, -0.25) is 24.0 Å². The first kappa shape index (κ1) is 58.7. The molecule has 0 radical (unpaired) electrons. The lowest BCUT2D eigenvalue weighted by Gasteiger charge is -2.33. The van der Waals surface area contributed by atoms with Crippen molar-refractivity contribution in [1.82, 2.24) is 9.89 Å². The zero-order valence-corrected chi connectivity index (χ0v) is 45.6. The van der Waals surface area contributed by atoms with E-state index in [2.05, 4.69) is 15.5 Å². The van der Waals surface area contributed by atoms with Crippen LogP contribution in [0.15, 0.2) is 101 Å². The second kappa shape index (κ2) is 28.1. The van der Waals surface area contributed by atoms with Gasteiger partial charge in [-0.15, -0.1) is 11.6 Å². The zero-order valence-electron chi connectivity index (χ0n) is 44.9. The van der Waals surface area contributed by atoms with E-state index >= 15 is 0 Å². The Morgan fingerprint density at radius 1 is 0.728 bits per heavy atom. The summed E-state index contributed by atoms with van der Waals surface area (Å²) < 4.78 is 32.0. The SMILES string of the molecule is CN(CC(=O)O)c1ccc(NC(=O)C2C[N+](=c3ccc4c(-c5cc(C(=O)NCCOCCOCCCCCCCl)ccc5C(=O)[O-])c5ccc(N6CCC6)cc5oc-4c3)C2)cc1OCCOc1ccccc1N(CC(=O)O)CC(=O)O. The van der Waals surface area contributed by atoms with Gasteiger partial charge in [-0.1, -0.05) is 31.0 Å². The number of fused-ring (bicyclic) bond motifs is 2. The van der Waals surface area contributed by atoms with Crippen molar-refractivity contribution in [2.45, 2.75) is 32.1 Å². The van der Waals surface area contributed by atoms with E-state index in [1.807, 2.05) is 41.0 Å². The van der Waals surface area contributed by atoms with Crippen LogP contribution in [-0.2, 0) is 28.7 Å². The van der Waals surface area contributed by atoms with Crippen molar-refractivity contribution in [2.75, 3.05) is 125 Å². The summed E-state index contributed by atoms with van der Waals surface area (Å²) in [6, 6.07) is 27.0. The molecule has 1 aliphatic carbocycles. The van der Waals surface area contributed by atoms with Crippen molar-refractivity contribution in [3.8, 4) is 33.9 Å². The van der Waals surface area contributed by atoms with Crippen molar-refractivity contribution in [2.24, 2.45) is 5.92 Å². The number of hydrogen-bond acceptors (Lipinski definition) is 15. The van der Waals surface area contributed by atoms with E-state index in [1.165, 1.54) is 17.0 Å². The summed E-state index contributed by atoms with van der Waals surface area (Å²) in [5.74, 6) is -4.50. The number of halogens is 1. The molecular weight excluding hydrogens is 1070 g/mol. The summed E-state index contributed by atoms with van der Waals surface area (Å²) in [7, 11) is 1.58. The molecule has 21 nitrogen and oxygen atoms in total. The van der Waals surface area contributed by atoms with Gasteiger partial charge in [0.1, 0.15) is 55.7 Å². The van der Waals surface area contributed by atoms with Crippen LogP contribution < -0.4 is 49.8 Å². The number of unbranched alkanes of at least 4 members (excludes halogenated alkanes) is 3. The minimum atomic E-state index is -1.41. The van der Waals surface area contributed by atoms with Crippen LogP contribution in [0.2, 0.25) is 0 Å². The molecule has 5 N–H and O–H groups in total. The largest absolute Gasteiger partial charge is 0.545 e. The van der Waals surface area contributed by atoms with Crippen molar-refractivity contribution in [3.63, 3.8) is 0 Å². The molecule has 0 unspecified atom stereocenters. The van der Waals surface area contributed by atoms with Gasteiger partial charge in [0.05, 0.1) is 43.2 Å². The maximum Gasteiger partial charge on any atom is 0.323 e. The van der Waals surface area contributed by atoms with Crippen LogP contribution in [0.4, 0.5) is 22.7 Å². The van der Waals surface area contributed by atoms with E-state index in [1.54, 1.807) is 55.6 Å². The number of rotatable bonds is 31. The number of carboxylic acids is 4. The summed E-state index contributed by atoms with van der Waals surface area (Å²) in [5, 5.41) is 48.4. The molecule has 3 heterocycles. The highest BCUT2D eigenvalue weighted by Crippen LogP contribution is 2.43. The molecule has 22 heteroatoms. The van der Waals surface area contributed by atoms with Gasteiger partial charge in [-0.05, 0) is 79.4 Å². The predicted molar refractivity (Wildman–Crippen MR) is 302 cm³/mol. The Labute approximate surface area is 472 Å². The number of aliphatic carboxylic acids is 3. The highest BCUT2D eigenvalue weighted by atomic mass is 35.5. The fourth-order valence-corrected chi connectivity index (χ4v) is 9.80. The van der Waals surface area contributed by atoms with Crippen LogP contribution in [0.3, 0.4) is 0 Å². The van der Waals surface area contributed by atoms with Crippen LogP contribution in [0.5, 0.6) is 11.5 Å². The Hall–Kier alpha value is -8.40. The molecule has 8 rings (SSSR count). The summed E-state index contributed by atoms with van der Waals surface area (Å²) in [6.07, 6.45) is 5.14. The molecule has 2 fully saturated rings. The summed E-state index contributed by atoms with van der Waals surface area (Å²) in [5.41, 5.74) is 4.06. The maximum atomic E-state index is 13.8. The smallest absolute Gasteiger partial charge is 0.323 e. The number of anilines is 4. The van der Waals surface area contributed by atoms with Gasteiger partial charge >= 0.3 is 17.9 Å². The van der Waals surface area contributed by atoms with Crippen LogP contribution >= 0.6 is 11.6 Å². The third-order valence-electron chi connectivity index (χ3n) is 13.8. The summed E-state index contributed by atoms with van der Waals surface area (Å²) in [4.78, 5) is 79.8. The van der Waals surface area contributed by atoms with Gasteiger partial charge in [-0.2, -0.15) is 0 Å². The maximum absolute atomic E-state index is 13.8. The molecular formula is C59H65ClN6O15. The fourth-order valence-electron chi connectivity index (χ4n) is 9.62. The van der Waals surface area contributed by atoms with E-state index in [9.17, 15) is 49.2 Å². The molecule has 4 aliphatic rings. The molecule has 0 aromatic heterocycles. The number of hydrogen-bond donors (Lipinski definition) is 5. The number of amides is 2. The van der Waals surface area contributed by atoms with Gasteiger partial charge in [0.2, 0.25) is 11.3 Å². The van der Waals surface area contributed by atoms with Crippen LogP contribution in [0.1, 0.15) is 52.8 Å². The number of likely N-dealkylation sites (N-methyl/N-ethyl adjacent to an activating group) is 1. The molecule has 4 aromatic carbocycles.